The van der Waals surface area contributed by atoms with Crippen LogP contribution in [0, 0.1) is 12.7 Å². The average molecular weight is 304 g/mol. The Bertz CT molecular complexity index is 694. The largest absolute Gasteiger partial charge is 0.311 e. The van der Waals surface area contributed by atoms with Gasteiger partial charge in [-0.1, -0.05) is 35.9 Å². The minimum absolute atomic E-state index is 0.0146. The van der Waals surface area contributed by atoms with Gasteiger partial charge in [-0.15, -0.1) is 0 Å². The molecule has 0 fully saturated rings. The molecule has 21 heavy (non-hydrogen) atoms. The highest BCUT2D eigenvalue weighted by atomic mass is 35.5. The van der Waals surface area contributed by atoms with Gasteiger partial charge in [-0.25, -0.2) is 4.39 Å². The predicted molar refractivity (Wildman–Crippen MR) is 82.4 cm³/mol. The molecule has 2 aromatic carbocycles. The first-order chi connectivity index (χ1) is 10.1. The van der Waals surface area contributed by atoms with Crippen LogP contribution >= 0.6 is 11.6 Å². The van der Waals surface area contributed by atoms with E-state index in [1.807, 2.05) is 25.1 Å². The molecule has 1 aliphatic heterocycles. The van der Waals surface area contributed by atoms with Crippen LogP contribution in [0.3, 0.4) is 0 Å². The summed E-state index contributed by atoms with van der Waals surface area (Å²) in [6, 6.07) is 10.5. The van der Waals surface area contributed by atoms with E-state index in [4.69, 9.17) is 11.6 Å². The van der Waals surface area contributed by atoms with Crippen molar-refractivity contribution in [2.45, 2.75) is 19.8 Å². The second-order valence-electron chi connectivity index (χ2n) is 5.26. The lowest BCUT2D eigenvalue weighted by Crippen LogP contribution is -2.31. The molecule has 0 saturated heterocycles. The summed E-state index contributed by atoms with van der Waals surface area (Å²) in [5, 5.41) is 0.299. The fraction of sp³-hybridized carbons (Fsp3) is 0.235. The van der Waals surface area contributed by atoms with Crippen LogP contribution in [0.25, 0.3) is 0 Å². The Labute approximate surface area is 128 Å². The number of nitrogens with zero attached hydrogens (tertiary/aromatic N) is 1. The molecule has 1 amide bonds. The maximum atomic E-state index is 13.8. The number of anilines is 1. The molecule has 1 heterocycles. The van der Waals surface area contributed by atoms with Crippen molar-refractivity contribution < 1.29 is 9.18 Å². The Morgan fingerprint density at radius 3 is 2.81 bits per heavy atom. The highest BCUT2D eigenvalue weighted by Gasteiger charge is 2.27. The minimum atomic E-state index is -0.431. The fourth-order valence-corrected chi connectivity index (χ4v) is 3.08. The van der Waals surface area contributed by atoms with Crippen molar-refractivity contribution in [1.29, 1.82) is 0 Å². The van der Waals surface area contributed by atoms with Gasteiger partial charge in [0, 0.05) is 22.8 Å². The topological polar surface area (TPSA) is 20.3 Å². The zero-order chi connectivity index (χ0) is 15.0. The quantitative estimate of drug-likeness (QED) is 0.823. The number of aryl methyl sites for hydroxylation is 1. The molecule has 2 nitrogen and oxygen atoms in total. The first kappa shape index (κ1) is 14.1. The van der Waals surface area contributed by atoms with E-state index in [2.05, 4.69) is 0 Å². The zero-order valence-corrected chi connectivity index (χ0v) is 12.5. The Hall–Kier alpha value is -1.87. The van der Waals surface area contributed by atoms with Crippen LogP contribution in [0.4, 0.5) is 10.1 Å². The lowest BCUT2D eigenvalue weighted by Gasteiger charge is -2.19. The van der Waals surface area contributed by atoms with Crippen molar-refractivity contribution in [2.75, 3.05) is 11.4 Å². The molecule has 0 aromatic heterocycles. The summed E-state index contributed by atoms with van der Waals surface area (Å²) in [5.41, 5.74) is 3.47. The molecular formula is C17H15ClFNO. The molecule has 0 atom stereocenters. The van der Waals surface area contributed by atoms with Crippen LogP contribution < -0.4 is 4.90 Å². The lowest BCUT2D eigenvalue weighted by atomic mass is 10.1. The van der Waals surface area contributed by atoms with Gasteiger partial charge in [-0.05, 0) is 36.6 Å². The number of hydrogen-bond acceptors (Lipinski definition) is 1. The highest BCUT2D eigenvalue weighted by molar-refractivity contribution is 6.31. The van der Waals surface area contributed by atoms with Crippen LogP contribution in [0.1, 0.15) is 16.7 Å². The van der Waals surface area contributed by atoms with Crippen LogP contribution in [-0.2, 0) is 17.6 Å². The molecule has 0 saturated carbocycles. The second-order valence-corrected chi connectivity index (χ2v) is 5.66. The Morgan fingerprint density at radius 2 is 2.05 bits per heavy atom. The van der Waals surface area contributed by atoms with Gasteiger partial charge in [0.25, 0.3) is 0 Å². The SMILES string of the molecule is Cc1cccc2c1N(C(=O)Cc1c(F)cccc1Cl)CC2. The van der Waals surface area contributed by atoms with Gasteiger partial charge in [0.1, 0.15) is 5.82 Å². The number of carbonyl (C=O) groups is 1. The number of hydrogen-bond donors (Lipinski definition) is 0. The number of fused-ring (bicyclic) bond motifs is 1. The van der Waals surface area contributed by atoms with E-state index in [1.165, 1.54) is 11.6 Å². The van der Waals surface area contributed by atoms with Gasteiger partial charge in [-0.2, -0.15) is 0 Å². The van der Waals surface area contributed by atoms with E-state index in [-0.39, 0.29) is 17.9 Å². The van der Waals surface area contributed by atoms with E-state index < -0.39 is 5.82 Å². The van der Waals surface area contributed by atoms with E-state index in [0.717, 1.165) is 17.7 Å². The van der Waals surface area contributed by atoms with Crippen LogP contribution in [-0.4, -0.2) is 12.5 Å². The molecule has 0 N–H and O–H groups in total. The number of halogens is 2. The monoisotopic (exact) mass is 303 g/mol. The van der Waals surface area contributed by atoms with Crippen LogP contribution in [0.15, 0.2) is 36.4 Å². The summed E-state index contributed by atoms with van der Waals surface area (Å²) in [6.07, 6.45) is 0.826. The summed E-state index contributed by atoms with van der Waals surface area (Å²) in [6.45, 7) is 2.63. The number of rotatable bonds is 2. The fourth-order valence-electron chi connectivity index (χ4n) is 2.85. The van der Waals surface area contributed by atoms with Gasteiger partial charge in [0.05, 0.1) is 6.42 Å². The molecule has 0 radical (unpaired) electrons. The molecule has 1 aliphatic rings. The summed E-state index contributed by atoms with van der Waals surface area (Å²) < 4.78 is 13.8. The minimum Gasteiger partial charge on any atom is -0.311 e. The average Bonchev–Trinajstić information content (AvgIpc) is 2.88. The Balaban J connectivity index is 1.89. The molecule has 0 spiro atoms. The van der Waals surface area contributed by atoms with Crippen molar-refractivity contribution in [3.8, 4) is 0 Å². The van der Waals surface area contributed by atoms with Crippen LogP contribution in [0.5, 0.6) is 0 Å². The molecule has 108 valence electrons. The van der Waals surface area contributed by atoms with E-state index >= 15 is 0 Å². The molecule has 0 bridgehead atoms. The smallest absolute Gasteiger partial charge is 0.231 e. The van der Waals surface area contributed by atoms with E-state index in [0.29, 0.717) is 11.6 Å². The van der Waals surface area contributed by atoms with Crippen LogP contribution in [0.2, 0.25) is 5.02 Å². The zero-order valence-electron chi connectivity index (χ0n) is 11.7. The Kier molecular flexibility index (Phi) is 3.68. The first-order valence-corrected chi connectivity index (χ1v) is 7.27. The molecule has 3 rings (SSSR count). The summed E-state index contributed by atoms with van der Waals surface area (Å²) in [7, 11) is 0. The highest BCUT2D eigenvalue weighted by Crippen LogP contribution is 2.32. The van der Waals surface area contributed by atoms with Gasteiger partial charge in [0.15, 0.2) is 0 Å². The third kappa shape index (κ3) is 2.54. The molecule has 0 unspecified atom stereocenters. The summed E-state index contributed by atoms with van der Waals surface area (Å²) >= 11 is 6.00. The van der Waals surface area contributed by atoms with E-state index in [9.17, 15) is 9.18 Å². The van der Waals surface area contributed by atoms with Gasteiger partial charge < -0.3 is 4.90 Å². The summed E-state index contributed by atoms with van der Waals surface area (Å²) in [5.74, 6) is -0.546. The lowest BCUT2D eigenvalue weighted by molar-refractivity contribution is -0.117. The van der Waals surface area contributed by atoms with Gasteiger partial charge in [-0.3, -0.25) is 4.79 Å². The van der Waals surface area contributed by atoms with Gasteiger partial charge >= 0.3 is 0 Å². The van der Waals surface area contributed by atoms with Crippen molar-refractivity contribution in [2.24, 2.45) is 0 Å². The third-order valence-corrected chi connectivity index (χ3v) is 4.24. The standard InChI is InChI=1S/C17H15ClFNO/c1-11-4-2-5-12-8-9-20(17(11)12)16(21)10-13-14(18)6-3-7-15(13)19/h2-7H,8-10H2,1H3. The molecule has 2 aromatic rings. The van der Waals surface area contributed by atoms with Gasteiger partial charge in [0.2, 0.25) is 5.91 Å². The van der Waals surface area contributed by atoms with Crippen molar-refractivity contribution in [3.63, 3.8) is 0 Å². The maximum Gasteiger partial charge on any atom is 0.231 e. The van der Waals surface area contributed by atoms with Crippen molar-refractivity contribution in [3.05, 3.63) is 63.9 Å². The first-order valence-electron chi connectivity index (χ1n) is 6.89. The molecule has 0 aliphatic carbocycles. The summed E-state index contributed by atoms with van der Waals surface area (Å²) in [4.78, 5) is 14.3. The second kappa shape index (κ2) is 5.49. The number of para-hydroxylation sites is 1. The maximum absolute atomic E-state index is 13.8. The number of amides is 1. The normalized spacial score (nSPS) is 13.4. The van der Waals surface area contributed by atoms with E-state index in [1.54, 1.807) is 17.0 Å². The molecule has 4 heteroatoms. The number of benzene rings is 2. The molecular weight excluding hydrogens is 289 g/mol. The van der Waals surface area contributed by atoms with Crippen molar-refractivity contribution >= 4 is 23.2 Å². The number of carbonyl (C=O) groups excluding carboxylic acids is 1. The third-order valence-electron chi connectivity index (χ3n) is 3.89. The predicted octanol–water partition coefficient (Wildman–Crippen LogP) is 3.92. The Morgan fingerprint density at radius 1 is 1.29 bits per heavy atom. The van der Waals surface area contributed by atoms with Crippen molar-refractivity contribution in [1.82, 2.24) is 0 Å².